The molecule has 9 nitrogen and oxygen atoms in total. The molecule has 2 aromatic carbocycles. The van der Waals surface area contributed by atoms with Gasteiger partial charge in [0.15, 0.2) is 15.5 Å². The van der Waals surface area contributed by atoms with E-state index in [1.807, 2.05) is 13.8 Å². The maximum absolute atomic E-state index is 13.2. The first kappa shape index (κ1) is 28.8. The van der Waals surface area contributed by atoms with Crippen LogP contribution in [0.4, 0.5) is 11.4 Å². The van der Waals surface area contributed by atoms with Crippen molar-refractivity contribution in [2.45, 2.75) is 38.3 Å². The number of hydrogen-bond acceptors (Lipinski definition) is 5. The number of aryl methyl sites for hydroxylation is 1. The number of benzene rings is 2. The van der Waals surface area contributed by atoms with Crippen molar-refractivity contribution in [3.63, 3.8) is 0 Å². The van der Waals surface area contributed by atoms with Crippen molar-refractivity contribution in [1.82, 2.24) is 15.2 Å². The molecule has 0 radical (unpaired) electrons. The third-order valence-electron chi connectivity index (χ3n) is 7.13. The number of fused-ring (bicyclic) bond motifs is 1. The van der Waals surface area contributed by atoms with Gasteiger partial charge in [-0.25, -0.2) is 13.3 Å². The number of carbonyl (C=O) groups excluding carboxylic acids is 2. The van der Waals surface area contributed by atoms with Crippen LogP contribution in [0.25, 0.3) is 16.5 Å². The number of aromatic nitrogens is 1. The molecule has 2 heterocycles. The first-order valence-electron chi connectivity index (χ1n) is 13.1. The molecule has 0 bridgehead atoms. The van der Waals surface area contributed by atoms with Crippen molar-refractivity contribution in [2.75, 3.05) is 31.5 Å². The molecule has 0 atom stereocenters. The largest absolute Gasteiger partial charge is 0.358 e. The molecule has 2 amide bonds. The van der Waals surface area contributed by atoms with Gasteiger partial charge in [-0.15, -0.1) is 0 Å². The van der Waals surface area contributed by atoms with Crippen molar-refractivity contribution in [1.29, 1.82) is 0 Å². The molecule has 3 aromatic rings. The zero-order chi connectivity index (χ0) is 29.0. The van der Waals surface area contributed by atoms with Gasteiger partial charge < -0.3 is 20.5 Å². The molecule has 0 saturated heterocycles. The number of amides is 2. The summed E-state index contributed by atoms with van der Waals surface area (Å²) in [4.78, 5) is 34.8. The van der Waals surface area contributed by atoms with Crippen molar-refractivity contribution in [2.24, 2.45) is 0 Å². The molecule has 10 heteroatoms. The van der Waals surface area contributed by atoms with E-state index in [0.29, 0.717) is 57.1 Å². The Morgan fingerprint density at radius 2 is 1.88 bits per heavy atom. The quantitative estimate of drug-likeness (QED) is 0.246. The van der Waals surface area contributed by atoms with Gasteiger partial charge >= 0.3 is 0 Å². The number of H-pyrrole nitrogens is 1. The topological polar surface area (TPSA) is 116 Å². The number of anilines is 1. The number of aromatic amines is 1. The van der Waals surface area contributed by atoms with Gasteiger partial charge in [0, 0.05) is 35.7 Å². The number of nitrogens with one attached hydrogen (secondary N) is 3. The van der Waals surface area contributed by atoms with Crippen LogP contribution in [0.3, 0.4) is 0 Å². The van der Waals surface area contributed by atoms with E-state index in [2.05, 4.69) is 39.2 Å². The molecule has 0 unspecified atom stereocenters. The molecule has 1 aliphatic rings. The lowest BCUT2D eigenvalue weighted by molar-refractivity contribution is -0.110. The fourth-order valence-corrected chi connectivity index (χ4v) is 6.24. The Kier molecular flexibility index (Phi) is 8.57. The Bertz CT molecular complexity index is 1640. The van der Waals surface area contributed by atoms with Crippen molar-refractivity contribution >= 4 is 44.7 Å². The summed E-state index contributed by atoms with van der Waals surface area (Å²) in [6, 6.07) is 11.1. The highest BCUT2D eigenvalue weighted by molar-refractivity contribution is 7.90. The SMILES string of the molecule is [C-]#[N+]c1cccc(CS(=O)(=O)c2ccc3c(c2)C(=Cc2[nH]c(C)c(C(=O)NCCN(CC)CC)c2C)C(=O)N3)c1. The lowest BCUT2D eigenvalue weighted by Crippen LogP contribution is -2.35. The summed E-state index contributed by atoms with van der Waals surface area (Å²) in [6.07, 6.45) is 1.66. The minimum atomic E-state index is -3.75. The van der Waals surface area contributed by atoms with Gasteiger partial charge in [0.25, 0.3) is 11.8 Å². The number of sulfone groups is 1. The molecule has 0 fully saturated rings. The van der Waals surface area contributed by atoms with Crippen molar-refractivity contribution < 1.29 is 18.0 Å². The Morgan fingerprint density at radius 1 is 1.12 bits per heavy atom. The zero-order valence-corrected chi connectivity index (χ0v) is 23.9. The standard InChI is InChI=1S/C30H33N5O4S/c1-6-35(7-2)14-13-32-30(37)28-19(3)27(33-20(28)4)17-25-24-16-23(11-12-26(24)34-29(25)36)40(38,39)18-21-9-8-10-22(15-21)31-5/h8-12,15-17,33H,6-7,13-14,18H2,1-4H3,(H,32,37)(H,34,36). The monoisotopic (exact) mass is 559 g/mol. The van der Waals surface area contributed by atoms with E-state index in [-0.39, 0.29) is 22.5 Å². The highest BCUT2D eigenvalue weighted by Gasteiger charge is 2.28. The smallest absolute Gasteiger partial charge is 0.256 e. The van der Waals surface area contributed by atoms with Crippen LogP contribution < -0.4 is 10.6 Å². The number of nitrogens with zero attached hydrogens (tertiary/aromatic N) is 2. The van der Waals surface area contributed by atoms with E-state index in [1.54, 1.807) is 36.4 Å². The van der Waals surface area contributed by atoms with E-state index in [1.165, 1.54) is 12.1 Å². The van der Waals surface area contributed by atoms with Crippen LogP contribution >= 0.6 is 0 Å². The Morgan fingerprint density at radius 3 is 2.58 bits per heavy atom. The summed E-state index contributed by atoms with van der Waals surface area (Å²) in [7, 11) is -3.75. The Hall–Kier alpha value is -4.20. The lowest BCUT2D eigenvalue weighted by atomic mass is 10.0. The van der Waals surface area contributed by atoms with E-state index in [4.69, 9.17) is 6.57 Å². The molecular formula is C30H33N5O4S. The molecule has 40 heavy (non-hydrogen) atoms. The molecular weight excluding hydrogens is 526 g/mol. The summed E-state index contributed by atoms with van der Waals surface area (Å²) < 4.78 is 26.5. The summed E-state index contributed by atoms with van der Waals surface area (Å²) >= 11 is 0. The van der Waals surface area contributed by atoms with E-state index in [9.17, 15) is 18.0 Å². The highest BCUT2D eigenvalue weighted by atomic mass is 32.2. The van der Waals surface area contributed by atoms with Crippen LogP contribution in [0.5, 0.6) is 0 Å². The number of carbonyl (C=O) groups is 2. The minimum absolute atomic E-state index is 0.0783. The third kappa shape index (κ3) is 6.01. The summed E-state index contributed by atoms with van der Waals surface area (Å²) in [5.41, 5.74) is 4.70. The first-order chi connectivity index (χ1) is 19.1. The molecule has 0 aliphatic carbocycles. The van der Waals surface area contributed by atoms with Gasteiger partial charge in [-0.05, 0) is 62.3 Å². The van der Waals surface area contributed by atoms with Gasteiger partial charge in [0.05, 0.1) is 28.4 Å². The Balaban J connectivity index is 1.61. The van der Waals surface area contributed by atoms with Crippen molar-refractivity contribution in [3.05, 3.63) is 87.5 Å². The van der Waals surface area contributed by atoms with E-state index in [0.717, 1.165) is 19.6 Å². The second-order valence-electron chi connectivity index (χ2n) is 9.71. The molecule has 208 valence electrons. The van der Waals surface area contributed by atoms with Crippen LogP contribution in [-0.2, 0) is 20.4 Å². The third-order valence-corrected chi connectivity index (χ3v) is 8.81. The number of likely N-dealkylation sites (N-methyl/N-ethyl adjacent to an activating group) is 1. The summed E-state index contributed by atoms with van der Waals surface area (Å²) in [6.45, 7) is 18.1. The van der Waals surface area contributed by atoms with Gasteiger partial charge in [0.2, 0.25) is 0 Å². The van der Waals surface area contributed by atoms with Gasteiger partial charge in [-0.2, -0.15) is 0 Å². The summed E-state index contributed by atoms with van der Waals surface area (Å²) in [5.74, 6) is -0.807. The predicted molar refractivity (Wildman–Crippen MR) is 157 cm³/mol. The van der Waals surface area contributed by atoms with Crippen LogP contribution in [-0.4, -0.2) is 56.3 Å². The molecule has 1 aromatic heterocycles. The second kappa shape index (κ2) is 11.9. The second-order valence-corrected chi connectivity index (χ2v) is 11.7. The molecule has 4 rings (SSSR count). The molecule has 0 spiro atoms. The average Bonchev–Trinajstić information content (AvgIpc) is 3.39. The minimum Gasteiger partial charge on any atom is -0.358 e. The predicted octanol–water partition coefficient (Wildman–Crippen LogP) is 4.72. The van der Waals surface area contributed by atoms with Crippen LogP contribution in [0.2, 0.25) is 0 Å². The van der Waals surface area contributed by atoms with E-state index < -0.39 is 9.84 Å². The Labute approximate surface area is 235 Å². The molecule has 3 N–H and O–H groups in total. The number of hydrogen-bond donors (Lipinski definition) is 3. The molecule has 1 aliphatic heterocycles. The average molecular weight is 560 g/mol. The fourth-order valence-electron chi connectivity index (χ4n) is 4.88. The van der Waals surface area contributed by atoms with Gasteiger partial charge in [-0.1, -0.05) is 38.1 Å². The summed E-state index contributed by atoms with van der Waals surface area (Å²) in [5, 5.41) is 5.77. The zero-order valence-electron chi connectivity index (χ0n) is 23.1. The van der Waals surface area contributed by atoms with Crippen LogP contribution in [0, 0.1) is 20.4 Å². The normalized spacial score (nSPS) is 13.8. The molecule has 0 saturated carbocycles. The lowest BCUT2D eigenvalue weighted by Gasteiger charge is -2.18. The van der Waals surface area contributed by atoms with Crippen LogP contribution in [0.1, 0.15) is 52.3 Å². The maximum atomic E-state index is 13.2. The van der Waals surface area contributed by atoms with Gasteiger partial charge in [0.1, 0.15) is 0 Å². The van der Waals surface area contributed by atoms with Crippen molar-refractivity contribution in [3.8, 4) is 0 Å². The fraction of sp³-hybridized carbons (Fsp3) is 0.300. The van der Waals surface area contributed by atoms with Gasteiger partial charge in [-0.3, -0.25) is 9.59 Å². The van der Waals surface area contributed by atoms with Crippen LogP contribution in [0.15, 0.2) is 47.4 Å². The highest BCUT2D eigenvalue weighted by Crippen LogP contribution is 2.36. The maximum Gasteiger partial charge on any atom is 0.256 e. The number of rotatable bonds is 10. The van der Waals surface area contributed by atoms with E-state index >= 15 is 0 Å². The first-order valence-corrected chi connectivity index (χ1v) is 14.8.